The zero-order valence-electron chi connectivity index (χ0n) is 24.6. The highest BCUT2D eigenvalue weighted by atomic mass is 35.5. The number of benzene rings is 3. The number of halogens is 3. The van der Waals surface area contributed by atoms with Gasteiger partial charge in [-0.2, -0.15) is 5.10 Å². The van der Waals surface area contributed by atoms with Crippen LogP contribution in [-0.4, -0.2) is 56.4 Å². The second kappa shape index (κ2) is 11.7. The van der Waals surface area contributed by atoms with Gasteiger partial charge < -0.3 is 15.2 Å². The minimum Gasteiger partial charge on any atom is -0.478 e. The summed E-state index contributed by atoms with van der Waals surface area (Å²) in [5.41, 5.74) is 0.267. The molecule has 0 bridgehead atoms. The maximum absolute atomic E-state index is 16.0. The molecule has 0 spiro atoms. The van der Waals surface area contributed by atoms with Gasteiger partial charge >= 0.3 is 5.97 Å². The molecule has 6 rings (SSSR count). The number of amides is 1. The lowest BCUT2D eigenvalue weighted by Gasteiger charge is -2.40. The quantitative estimate of drug-likeness (QED) is 0.224. The van der Waals surface area contributed by atoms with Crippen molar-refractivity contribution >= 4 is 51.7 Å². The van der Waals surface area contributed by atoms with Gasteiger partial charge in [-0.05, 0) is 73.8 Å². The van der Waals surface area contributed by atoms with Crippen LogP contribution < -0.4 is 10.1 Å². The summed E-state index contributed by atoms with van der Waals surface area (Å²) >= 11 is 12.6. The van der Waals surface area contributed by atoms with E-state index in [4.69, 9.17) is 33.0 Å². The smallest absolute Gasteiger partial charge is 0.335 e. The summed E-state index contributed by atoms with van der Waals surface area (Å²) in [5, 5.41) is 18.5. The normalized spacial score (nSPS) is 23.2. The molecule has 1 saturated heterocycles. The van der Waals surface area contributed by atoms with Crippen molar-refractivity contribution in [1.82, 2.24) is 14.7 Å². The van der Waals surface area contributed by atoms with Crippen LogP contribution in [-0.2, 0) is 11.3 Å². The number of nitrogens with zero attached hydrogens (tertiary/aromatic N) is 3. The third-order valence-electron chi connectivity index (χ3n) is 9.04. The first-order chi connectivity index (χ1) is 21.0. The highest BCUT2D eigenvalue weighted by molar-refractivity contribution is 6.31. The maximum Gasteiger partial charge on any atom is 0.335 e. The first-order valence-corrected chi connectivity index (χ1v) is 15.4. The van der Waals surface area contributed by atoms with Crippen LogP contribution in [0.1, 0.15) is 49.0 Å². The maximum atomic E-state index is 16.0. The summed E-state index contributed by atoms with van der Waals surface area (Å²) in [4.78, 5) is 28.3. The number of hydrogen-bond donors (Lipinski definition) is 2. The number of carbonyl (C=O) groups excluding carboxylic acids is 1. The van der Waals surface area contributed by atoms with Crippen molar-refractivity contribution in [1.29, 1.82) is 0 Å². The highest BCUT2D eigenvalue weighted by Crippen LogP contribution is 2.53. The van der Waals surface area contributed by atoms with E-state index in [1.807, 2.05) is 6.92 Å². The minimum atomic E-state index is -1.22. The Labute approximate surface area is 264 Å². The van der Waals surface area contributed by atoms with Gasteiger partial charge in [-0.1, -0.05) is 55.2 Å². The molecule has 0 saturated carbocycles. The summed E-state index contributed by atoms with van der Waals surface area (Å²) in [6, 6.07) is 16.3. The van der Waals surface area contributed by atoms with Crippen LogP contribution in [0.5, 0.6) is 5.88 Å². The van der Waals surface area contributed by atoms with E-state index >= 15 is 4.39 Å². The number of ether oxygens (including phenoxy) is 1. The molecule has 2 N–H and O–H groups in total. The van der Waals surface area contributed by atoms with Crippen LogP contribution in [0.25, 0.3) is 10.9 Å². The van der Waals surface area contributed by atoms with Gasteiger partial charge in [-0.25, -0.2) is 13.9 Å². The third kappa shape index (κ3) is 5.21. The molecule has 8 nitrogen and oxygen atoms in total. The number of fused-ring (bicyclic) bond motifs is 4. The number of hydrogen-bond acceptors (Lipinski definition) is 5. The molecule has 11 heteroatoms. The Morgan fingerprint density at radius 1 is 1.16 bits per heavy atom. The molecular weight excluding hydrogens is 606 g/mol. The lowest BCUT2D eigenvalue weighted by molar-refractivity contribution is -0.127. The van der Waals surface area contributed by atoms with E-state index in [1.54, 1.807) is 47.1 Å². The van der Waals surface area contributed by atoms with E-state index in [1.165, 1.54) is 18.2 Å². The molecule has 1 aromatic heterocycles. The fourth-order valence-electron chi connectivity index (χ4n) is 6.90. The lowest BCUT2D eigenvalue weighted by atomic mass is 9.74. The molecule has 4 atom stereocenters. The number of carboxylic acid groups (broad SMARTS) is 1. The van der Waals surface area contributed by atoms with Crippen LogP contribution in [0.15, 0.2) is 60.7 Å². The highest BCUT2D eigenvalue weighted by Gasteiger charge is 2.61. The Morgan fingerprint density at radius 2 is 1.93 bits per heavy atom. The van der Waals surface area contributed by atoms with E-state index in [9.17, 15) is 14.7 Å². The van der Waals surface area contributed by atoms with Crippen LogP contribution >= 0.6 is 23.2 Å². The molecule has 3 heterocycles. The Hall–Kier alpha value is -3.66. The van der Waals surface area contributed by atoms with Crippen LogP contribution in [0.4, 0.5) is 10.1 Å². The number of nitrogens with one attached hydrogen (secondary N) is 1. The van der Waals surface area contributed by atoms with Crippen molar-refractivity contribution in [3.05, 3.63) is 87.7 Å². The zero-order chi connectivity index (χ0) is 31.3. The predicted octanol–water partition coefficient (Wildman–Crippen LogP) is 7.10. The van der Waals surface area contributed by atoms with Crippen LogP contribution in [0.3, 0.4) is 0 Å². The number of carbonyl (C=O) groups is 2. The van der Waals surface area contributed by atoms with Gasteiger partial charge in [0.05, 0.1) is 27.5 Å². The number of rotatable bonds is 7. The second-order valence-corrected chi connectivity index (χ2v) is 13.0. The monoisotopic (exact) mass is 638 g/mol. The van der Waals surface area contributed by atoms with E-state index in [0.717, 1.165) is 6.42 Å². The summed E-state index contributed by atoms with van der Waals surface area (Å²) in [6.07, 6.45) is 0.805. The average molecular weight is 640 g/mol. The van der Waals surface area contributed by atoms with Gasteiger partial charge in [0.15, 0.2) is 0 Å². The Morgan fingerprint density at radius 3 is 2.66 bits per heavy atom. The Balaban J connectivity index is 1.50. The largest absolute Gasteiger partial charge is 0.478 e. The van der Waals surface area contributed by atoms with Crippen molar-refractivity contribution in [2.24, 2.45) is 11.8 Å². The molecule has 44 heavy (non-hydrogen) atoms. The van der Waals surface area contributed by atoms with Gasteiger partial charge in [0.2, 0.25) is 11.8 Å². The summed E-state index contributed by atoms with van der Waals surface area (Å²) in [5.74, 6) is -2.00. The summed E-state index contributed by atoms with van der Waals surface area (Å²) < 4.78 is 24.2. The standard InChI is InChI=1S/C33H33Cl2FN4O4/c1-18(2)12-13-39-27-17-44-30-22-11-10-19(31(41)42)14-26(22)38-40(30)16-24(27)28(23-8-5-9-25(35)29(23)36)33(39,3)32(43)37-21-7-4-6-20(34)15-21/h4-11,14-15,18,24,27-28H,12-13,16-17H2,1-3H3,(H,37,43)(H,41,42)/t24-,27+,28+,33-/m1/s1. The molecule has 0 aliphatic carbocycles. The fourth-order valence-corrected chi connectivity index (χ4v) is 7.27. The zero-order valence-corrected chi connectivity index (χ0v) is 26.1. The second-order valence-electron chi connectivity index (χ2n) is 12.2. The lowest BCUT2D eigenvalue weighted by Crippen LogP contribution is -2.56. The molecule has 0 unspecified atom stereocenters. The fraction of sp³-hybridized carbons (Fsp3) is 0.364. The van der Waals surface area contributed by atoms with Gasteiger partial charge in [0, 0.05) is 29.1 Å². The first-order valence-electron chi connectivity index (χ1n) is 14.6. The van der Waals surface area contributed by atoms with E-state index < -0.39 is 23.2 Å². The Bertz CT molecular complexity index is 1760. The molecule has 3 aromatic carbocycles. The van der Waals surface area contributed by atoms with E-state index in [0.29, 0.717) is 52.1 Å². The molecule has 4 aromatic rings. The van der Waals surface area contributed by atoms with Gasteiger partial charge in [0.25, 0.3) is 0 Å². The Kier molecular flexibility index (Phi) is 8.07. The SMILES string of the molecule is CC(C)CCN1[C@H]2COc3c4ccc(C(=O)O)cc4nn3C[C@H]2[C@H](c2cccc(Cl)c2F)[C@]1(C)C(=O)Nc1cccc(Cl)c1. The van der Waals surface area contributed by atoms with Crippen molar-refractivity contribution < 1.29 is 23.8 Å². The van der Waals surface area contributed by atoms with Gasteiger partial charge in [0.1, 0.15) is 18.0 Å². The van der Waals surface area contributed by atoms with Gasteiger partial charge in [-0.15, -0.1) is 0 Å². The van der Waals surface area contributed by atoms with Gasteiger partial charge in [-0.3, -0.25) is 9.69 Å². The molecule has 1 amide bonds. The average Bonchev–Trinajstić information content (AvgIpc) is 3.36. The van der Waals surface area contributed by atoms with Crippen LogP contribution in [0, 0.1) is 17.7 Å². The molecular formula is C33H33Cl2FN4O4. The number of likely N-dealkylation sites (tertiary alicyclic amines) is 1. The number of anilines is 1. The molecule has 2 aliphatic rings. The third-order valence-corrected chi connectivity index (χ3v) is 9.57. The van der Waals surface area contributed by atoms with E-state index in [-0.39, 0.29) is 35.1 Å². The first kappa shape index (κ1) is 30.4. The minimum absolute atomic E-state index is 0.0196. The summed E-state index contributed by atoms with van der Waals surface area (Å²) in [6.45, 7) is 7.23. The molecule has 1 fully saturated rings. The number of aromatic carboxylic acids is 1. The van der Waals surface area contributed by atoms with E-state index in [2.05, 4.69) is 24.1 Å². The topological polar surface area (TPSA) is 96.7 Å². The van der Waals surface area contributed by atoms with Crippen molar-refractivity contribution in [3.8, 4) is 5.88 Å². The van der Waals surface area contributed by atoms with Crippen molar-refractivity contribution in [3.63, 3.8) is 0 Å². The predicted molar refractivity (Wildman–Crippen MR) is 168 cm³/mol. The van der Waals surface area contributed by atoms with Crippen LogP contribution in [0.2, 0.25) is 10.0 Å². The molecule has 0 radical (unpaired) electrons. The molecule has 230 valence electrons. The van der Waals surface area contributed by atoms with Crippen molar-refractivity contribution in [2.75, 3.05) is 18.5 Å². The number of aromatic nitrogens is 2. The van der Waals surface area contributed by atoms with Crippen molar-refractivity contribution in [2.45, 2.75) is 51.2 Å². The summed E-state index contributed by atoms with van der Waals surface area (Å²) in [7, 11) is 0. The molecule has 2 aliphatic heterocycles. The number of carboxylic acids is 1.